The zero-order valence-corrected chi connectivity index (χ0v) is 21.0. The summed E-state index contributed by atoms with van der Waals surface area (Å²) in [5, 5.41) is 2.94. The third-order valence-corrected chi connectivity index (χ3v) is 7.76. The van der Waals surface area contributed by atoms with Crippen molar-refractivity contribution in [3.63, 3.8) is 0 Å². The molecule has 0 spiro atoms. The van der Waals surface area contributed by atoms with Gasteiger partial charge in [0.25, 0.3) is 0 Å². The van der Waals surface area contributed by atoms with Gasteiger partial charge in [-0.15, -0.1) is 0 Å². The van der Waals surface area contributed by atoms with Crippen LogP contribution in [0.5, 0.6) is 0 Å². The Morgan fingerprint density at radius 3 is 1.79 bits per heavy atom. The van der Waals surface area contributed by atoms with Crippen molar-refractivity contribution < 1.29 is 13.2 Å². The smallest absolute Gasteiger partial charge is 0.244 e. The third kappa shape index (κ3) is 5.70. The highest BCUT2D eigenvalue weighted by atomic mass is 32.2. The molecular formula is C27H32N2O3S. The van der Waals surface area contributed by atoms with Crippen LogP contribution in [-0.4, -0.2) is 25.2 Å². The summed E-state index contributed by atoms with van der Waals surface area (Å²) in [6.07, 6.45) is 0. The molecule has 174 valence electrons. The topological polar surface area (TPSA) is 66.5 Å². The number of benzene rings is 3. The van der Waals surface area contributed by atoms with Crippen LogP contribution in [0.15, 0.2) is 59.5 Å². The Balaban J connectivity index is 1.98. The number of nitrogens with zero attached hydrogens (tertiary/aromatic N) is 1. The van der Waals surface area contributed by atoms with Crippen LogP contribution in [0.4, 0.5) is 5.69 Å². The third-order valence-electron chi connectivity index (χ3n) is 5.67. The Bertz CT molecular complexity index is 1240. The molecule has 0 unspecified atom stereocenters. The molecule has 3 aromatic rings. The van der Waals surface area contributed by atoms with Gasteiger partial charge in [0, 0.05) is 12.2 Å². The van der Waals surface area contributed by atoms with E-state index in [2.05, 4.69) is 5.32 Å². The van der Waals surface area contributed by atoms with Crippen LogP contribution < -0.4 is 5.32 Å². The fourth-order valence-corrected chi connectivity index (χ4v) is 6.23. The lowest BCUT2D eigenvalue weighted by Crippen LogP contribution is -2.38. The fourth-order valence-electron chi connectivity index (χ4n) is 4.43. The molecule has 0 atom stereocenters. The molecule has 0 aliphatic rings. The maximum absolute atomic E-state index is 13.8. The number of rotatable bonds is 7. The molecule has 5 nitrogen and oxygen atoms in total. The average molecular weight is 465 g/mol. The summed E-state index contributed by atoms with van der Waals surface area (Å²) >= 11 is 0. The monoisotopic (exact) mass is 464 g/mol. The summed E-state index contributed by atoms with van der Waals surface area (Å²) in [6.45, 7) is 11.2. The first-order valence-corrected chi connectivity index (χ1v) is 12.4. The van der Waals surface area contributed by atoms with E-state index in [1.165, 1.54) is 4.31 Å². The number of sulfonamides is 1. The fraction of sp³-hybridized carbons (Fsp3) is 0.296. The van der Waals surface area contributed by atoms with Crippen molar-refractivity contribution in [2.45, 2.75) is 53.0 Å². The number of carbonyl (C=O) groups is 1. The van der Waals surface area contributed by atoms with Gasteiger partial charge in [-0.3, -0.25) is 4.79 Å². The second kappa shape index (κ2) is 9.89. The van der Waals surface area contributed by atoms with Crippen molar-refractivity contribution in [3.05, 3.63) is 93.5 Å². The molecule has 1 amide bonds. The first-order valence-electron chi connectivity index (χ1n) is 11.0. The molecule has 0 heterocycles. The molecule has 6 heteroatoms. The van der Waals surface area contributed by atoms with E-state index < -0.39 is 10.0 Å². The molecule has 0 bridgehead atoms. The van der Waals surface area contributed by atoms with Gasteiger partial charge in [-0.1, -0.05) is 65.7 Å². The molecule has 0 saturated carbocycles. The Kier molecular flexibility index (Phi) is 7.40. The van der Waals surface area contributed by atoms with Crippen LogP contribution in [0.25, 0.3) is 0 Å². The molecule has 0 fully saturated rings. The summed E-state index contributed by atoms with van der Waals surface area (Å²) in [5.41, 5.74) is 6.91. The minimum Gasteiger partial charge on any atom is -0.324 e. The van der Waals surface area contributed by atoms with Gasteiger partial charge >= 0.3 is 0 Å². The summed E-state index contributed by atoms with van der Waals surface area (Å²) in [5.74, 6) is -0.369. The van der Waals surface area contributed by atoms with Crippen LogP contribution in [0.1, 0.15) is 38.9 Å². The van der Waals surface area contributed by atoms with Crippen LogP contribution in [-0.2, 0) is 21.4 Å². The Morgan fingerprint density at radius 2 is 1.27 bits per heavy atom. The van der Waals surface area contributed by atoms with E-state index in [0.29, 0.717) is 11.1 Å². The lowest BCUT2D eigenvalue weighted by atomic mass is 10.1. The van der Waals surface area contributed by atoms with E-state index >= 15 is 0 Å². The van der Waals surface area contributed by atoms with Crippen molar-refractivity contribution in [2.75, 3.05) is 11.9 Å². The molecule has 3 rings (SSSR count). The highest BCUT2D eigenvalue weighted by Crippen LogP contribution is 2.27. The highest BCUT2D eigenvalue weighted by molar-refractivity contribution is 7.89. The molecule has 3 aromatic carbocycles. The van der Waals surface area contributed by atoms with Crippen molar-refractivity contribution in [1.29, 1.82) is 0 Å². The number of anilines is 1. The van der Waals surface area contributed by atoms with E-state index in [4.69, 9.17) is 0 Å². The number of carbonyl (C=O) groups excluding carboxylic acids is 1. The van der Waals surface area contributed by atoms with Gasteiger partial charge in [0.15, 0.2) is 0 Å². The molecule has 0 radical (unpaired) electrons. The van der Waals surface area contributed by atoms with Gasteiger partial charge in [-0.25, -0.2) is 8.42 Å². The van der Waals surface area contributed by atoms with E-state index in [9.17, 15) is 13.2 Å². The summed E-state index contributed by atoms with van der Waals surface area (Å²) in [4.78, 5) is 13.4. The van der Waals surface area contributed by atoms with Gasteiger partial charge in [-0.05, 0) is 69.4 Å². The largest absolute Gasteiger partial charge is 0.324 e. The molecule has 0 aromatic heterocycles. The molecule has 33 heavy (non-hydrogen) atoms. The van der Waals surface area contributed by atoms with E-state index in [-0.39, 0.29) is 23.9 Å². The van der Waals surface area contributed by atoms with E-state index in [1.54, 1.807) is 13.8 Å². The van der Waals surface area contributed by atoms with Gasteiger partial charge < -0.3 is 5.32 Å². The molecular weight excluding hydrogens is 432 g/mol. The van der Waals surface area contributed by atoms with Gasteiger partial charge in [-0.2, -0.15) is 4.31 Å². The summed E-state index contributed by atoms with van der Waals surface area (Å²) in [6, 6.07) is 17.1. The quantitative estimate of drug-likeness (QED) is 0.511. The van der Waals surface area contributed by atoms with Crippen molar-refractivity contribution in [1.82, 2.24) is 4.31 Å². The van der Waals surface area contributed by atoms with Crippen molar-refractivity contribution in [2.24, 2.45) is 0 Å². The molecule has 1 N–H and O–H groups in total. The number of aryl methyl sites for hydroxylation is 6. The standard InChI is InChI=1S/C27H32N2O3S/c1-18-12-20(3)26(21(4)13-18)28-25(30)17-29(16-24-10-8-7-9-11-24)33(31,32)27-22(5)14-19(2)15-23(27)6/h7-15H,16-17H2,1-6H3,(H,28,30). The van der Waals surface area contributed by atoms with Gasteiger partial charge in [0.2, 0.25) is 15.9 Å². The zero-order chi connectivity index (χ0) is 24.3. The number of hydrogen-bond donors (Lipinski definition) is 1. The van der Waals surface area contributed by atoms with Crippen LogP contribution >= 0.6 is 0 Å². The van der Waals surface area contributed by atoms with Crippen molar-refractivity contribution in [3.8, 4) is 0 Å². The number of nitrogens with one attached hydrogen (secondary N) is 1. The molecule has 0 saturated heterocycles. The van der Waals surface area contributed by atoms with Gasteiger partial charge in [0.1, 0.15) is 0 Å². The summed E-state index contributed by atoms with van der Waals surface area (Å²) in [7, 11) is -3.92. The number of amides is 1. The maximum Gasteiger partial charge on any atom is 0.244 e. The molecule has 0 aliphatic carbocycles. The lowest BCUT2D eigenvalue weighted by Gasteiger charge is -2.24. The summed E-state index contributed by atoms with van der Waals surface area (Å²) < 4.78 is 28.9. The van der Waals surface area contributed by atoms with Crippen molar-refractivity contribution >= 4 is 21.6 Å². The Labute approximate surface area is 197 Å². The first kappa shape index (κ1) is 24.7. The minimum absolute atomic E-state index is 0.106. The van der Waals surface area contributed by atoms with E-state index in [0.717, 1.165) is 33.5 Å². The predicted octanol–water partition coefficient (Wildman–Crippen LogP) is 5.37. The zero-order valence-electron chi connectivity index (χ0n) is 20.2. The predicted molar refractivity (Wildman–Crippen MR) is 134 cm³/mol. The molecule has 0 aliphatic heterocycles. The van der Waals surface area contributed by atoms with Gasteiger partial charge in [0.05, 0.1) is 11.4 Å². The first-order chi connectivity index (χ1) is 15.5. The second-order valence-electron chi connectivity index (χ2n) is 8.81. The van der Waals surface area contributed by atoms with Crippen LogP contribution in [0.3, 0.4) is 0 Å². The Hall–Kier alpha value is -2.96. The minimum atomic E-state index is -3.92. The highest BCUT2D eigenvalue weighted by Gasteiger charge is 2.30. The van der Waals surface area contributed by atoms with E-state index in [1.807, 2.05) is 82.3 Å². The second-order valence-corrected chi connectivity index (χ2v) is 10.7. The Morgan fingerprint density at radius 1 is 0.788 bits per heavy atom. The maximum atomic E-state index is 13.8. The number of hydrogen-bond acceptors (Lipinski definition) is 3. The lowest BCUT2D eigenvalue weighted by molar-refractivity contribution is -0.116. The normalized spacial score (nSPS) is 11.6. The SMILES string of the molecule is Cc1cc(C)c(NC(=O)CN(Cc2ccccc2)S(=O)(=O)c2c(C)cc(C)cc2C)c(C)c1. The van der Waals surface area contributed by atoms with Crippen LogP contribution in [0.2, 0.25) is 0 Å². The average Bonchev–Trinajstić information content (AvgIpc) is 2.70. The van der Waals surface area contributed by atoms with Crippen LogP contribution in [0, 0.1) is 41.5 Å².